The van der Waals surface area contributed by atoms with Crippen LogP contribution in [0.2, 0.25) is 0 Å². The van der Waals surface area contributed by atoms with Gasteiger partial charge >= 0.3 is 0 Å². The number of hydrogen-bond donors (Lipinski definition) is 1. The number of thioether (sulfide) groups is 1. The molecule has 4 unspecified atom stereocenters. The van der Waals surface area contributed by atoms with Crippen LogP contribution in [0.1, 0.15) is 52.9 Å². The molecule has 0 bridgehead atoms. The molecule has 20 heavy (non-hydrogen) atoms. The molecule has 0 saturated heterocycles. The highest BCUT2D eigenvalue weighted by atomic mass is 32.2. The predicted molar refractivity (Wildman–Crippen MR) is 93.7 cm³/mol. The van der Waals surface area contributed by atoms with E-state index >= 15 is 0 Å². The molecule has 0 aliphatic heterocycles. The van der Waals surface area contributed by atoms with Gasteiger partial charge in [-0.25, -0.2) is 0 Å². The zero-order chi connectivity index (χ0) is 15.0. The molecule has 0 heterocycles. The lowest BCUT2D eigenvalue weighted by molar-refractivity contribution is 0.138. The minimum absolute atomic E-state index is 0.693. The molecule has 4 atom stereocenters. The molecule has 0 spiro atoms. The van der Waals surface area contributed by atoms with Crippen molar-refractivity contribution in [1.29, 1.82) is 0 Å². The zero-order valence-electron chi connectivity index (χ0n) is 14.3. The van der Waals surface area contributed by atoms with Crippen molar-refractivity contribution in [3.05, 3.63) is 0 Å². The Balaban J connectivity index is 2.53. The minimum atomic E-state index is 0.693. The highest BCUT2D eigenvalue weighted by molar-refractivity contribution is 7.98. The van der Waals surface area contributed by atoms with E-state index < -0.39 is 0 Å². The van der Waals surface area contributed by atoms with Gasteiger partial charge in [-0.1, -0.05) is 20.3 Å². The summed E-state index contributed by atoms with van der Waals surface area (Å²) in [5.41, 5.74) is 0. The van der Waals surface area contributed by atoms with Gasteiger partial charge in [0.25, 0.3) is 0 Å². The van der Waals surface area contributed by atoms with Crippen molar-refractivity contribution in [2.45, 2.75) is 65.0 Å². The number of hydrogen-bond acceptors (Lipinski definition) is 3. The van der Waals surface area contributed by atoms with Gasteiger partial charge in [0.15, 0.2) is 0 Å². The maximum Gasteiger partial charge on any atom is 0.0155 e. The SMILES string of the molecule is CCCNC1CCC(CC)CC1CN(C)C(C)CSC. The summed E-state index contributed by atoms with van der Waals surface area (Å²) < 4.78 is 0. The molecule has 120 valence electrons. The second-order valence-corrected chi connectivity index (χ2v) is 7.56. The van der Waals surface area contributed by atoms with Crippen LogP contribution in [0.4, 0.5) is 0 Å². The van der Waals surface area contributed by atoms with E-state index in [1.165, 1.54) is 50.9 Å². The summed E-state index contributed by atoms with van der Waals surface area (Å²) in [5, 5.41) is 3.81. The third-order valence-corrected chi connectivity index (χ3v) is 5.82. The average molecular weight is 301 g/mol. The van der Waals surface area contributed by atoms with Crippen molar-refractivity contribution in [1.82, 2.24) is 10.2 Å². The first-order valence-corrected chi connectivity index (χ1v) is 9.94. The monoisotopic (exact) mass is 300 g/mol. The maximum absolute atomic E-state index is 3.81. The average Bonchev–Trinajstić information content (AvgIpc) is 2.46. The molecule has 1 N–H and O–H groups in total. The number of nitrogens with zero attached hydrogens (tertiary/aromatic N) is 1. The standard InChI is InChI=1S/C17H36N2S/c1-6-10-18-17-9-8-15(7-2)11-16(17)12-19(4)14(3)13-20-5/h14-18H,6-13H2,1-5H3. The summed E-state index contributed by atoms with van der Waals surface area (Å²) in [4.78, 5) is 2.58. The van der Waals surface area contributed by atoms with E-state index in [1.54, 1.807) is 0 Å². The molecule has 1 fully saturated rings. The first kappa shape index (κ1) is 18.3. The lowest BCUT2D eigenvalue weighted by Gasteiger charge is -2.39. The van der Waals surface area contributed by atoms with Gasteiger partial charge in [0.05, 0.1) is 0 Å². The lowest BCUT2D eigenvalue weighted by atomic mass is 9.76. The Morgan fingerprint density at radius 1 is 1.30 bits per heavy atom. The predicted octanol–water partition coefficient (Wildman–Crippen LogP) is 3.86. The van der Waals surface area contributed by atoms with Gasteiger partial charge in [0.1, 0.15) is 0 Å². The van der Waals surface area contributed by atoms with E-state index in [-0.39, 0.29) is 0 Å². The van der Waals surface area contributed by atoms with Gasteiger partial charge in [0, 0.05) is 24.4 Å². The maximum atomic E-state index is 3.81. The first-order chi connectivity index (χ1) is 9.62. The molecular formula is C17H36N2S. The molecule has 0 aromatic heterocycles. The first-order valence-electron chi connectivity index (χ1n) is 8.54. The Morgan fingerprint density at radius 2 is 2.05 bits per heavy atom. The third-order valence-electron chi connectivity index (χ3n) is 5.01. The molecular weight excluding hydrogens is 264 g/mol. The molecule has 1 saturated carbocycles. The summed E-state index contributed by atoms with van der Waals surface area (Å²) in [6.07, 6.45) is 9.06. The van der Waals surface area contributed by atoms with Crippen LogP contribution >= 0.6 is 11.8 Å². The van der Waals surface area contributed by atoms with E-state index in [2.05, 4.69) is 44.3 Å². The minimum Gasteiger partial charge on any atom is -0.314 e. The van der Waals surface area contributed by atoms with Crippen LogP contribution in [0, 0.1) is 11.8 Å². The van der Waals surface area contributed by atoms with E-state index in [4.69, 9.17) is 0 Å². The van der Waals surface area contributed by atoms with Gasteiger partial charge in [0.2, 0.25) is 0 Å². The highest BCUT2D eigenvalue weighted by Crippen LogP contribution is 2.32. The molecule has 2 nitrogen and oxygen atoms in total. The van der Waals surface area contributed by atoms with Crippen molar-refractivity contribution in [2.24, 2.45) is 11.8 Å². The van der Waals surface area contributed by atoms with E-state index in [1.807, 2.05) is 11.8 Å². The Kier molecular flexibility index (Phi) is 9.23. The van der Waals surface area contributed by atoms with Crippen LogP contribution in [0.5, 0.6) is 0 Å². The second kappa shape index (κ2) is 10.1. The summed E-state index contributed by atoms with van der Waals surface area (Å²) in [7, 11) is 2.31. The van der Waals surface area contributed by atoms with Crippen LogP contribution in [0.25, 0.3) is 0 Å². The summed E-state index contributed by atoms with van der Waals surface area (Å²) in [6.45, 7) is 9.45. The molecule has 0 amide bonds. The molecule has 0 radical (unpaired) electrons. The lowest BCUT2D eigenvalue weighted by Crippen LogP contribution is -2.47. The quantitative estimate of drug-likeness (QED) is 0.696. The fourth-order valence-corrected chi connectivity index (χ4v) is 4.19. The van der Waals surface area contributed by atoms with E-state index in [0.29, 0.717) is 6.04 Å². The normalized spacial score (nSPS) is 28.8. The largest absolute Gasteiger partial charge is 0.314 e. The Bertz CT molecular complexity index is 247. The van der Waals surface area contributed by atoms with Crippen LogP contribution in [-0.4, -0.2) is 49.1 Å². The fourth-order valence-electron chi connectivity index (χ4n) is 3.45. The molecule has 1 rings (SSSR count). The van der Waals surface area contributed by atoms with Crippen molar-refractivity contribution < 1.29 is 0 Å². The molecule has 1 aliphatic carbocycles. The zero-order valence-corrected chi connectivity index (χ0v) is 15.1. The van der Waals surface area contributed by atoms with Crippen LogP contribution in [-0.2, 0) is 0 Å². The Hall–Kier alpha value is 0.270. The van der Waals surface area contributed by atoms with Crippen LogP contribution in [0.15, 0.2) is 0 Å². The summed E-state index contributed by atoms with van der Waals surface area (Å²) in [5.74, 6) is 3.05. The Morgan fingerprint density at radius 3 is 2.65 bits per heavy atom. The fraction of sp³-hybridized carbons (Fsp3) is 1.00. The van der Waals surface area contributed by atoms with E-state index in [0.717, 1.165) is 17.9 Å². The van der Waals surface area contributed by atoms with Crippen molar-refractivity contribution in [2.75, 3.05) is 32.1 Å². The van der Waals surface area contributed by atoms with Gasteiger partial charge in [-0.2, -0.15) is 11.8 Å². The second-order valence-electron chi connectivity index (χ2n) is 6.65. The Labute approximate surface area is 131 Å². The topological polar surface area (TPSA) is 15.3 Å². The number of rotatable bonds is 9. The van der Waals surface area contributed by atoms with E-state index in [9.17, 15) is 0 Å². The van der Waals surface area contributed by atoms with Gasteiger partial charge in [-0.05, 0) is 64.3 Å². The van der Waals surface area contributed by atoms with Gasteiger partial charge in [-0.3, -0.25) is 0 Å². The van der Waals surface area contributed by atoms with Crippen molar-refractivity contribution >= 4 is 11.8 Å². The molecule has 0 aromatic carbocycles. The van der Waals surface area contributed by atoms with Crippen molar-refractivity contribution in [3.8, 4) is 0 Å². The van der Waals surface area contributed by atoms with Crippen LogP contribution in [0.3, 0.4) is 0 Å². The van der Waals surface area contributed by atoms with Crippen LogP contribution < -0.4 is 5.32 Å². The smallest absolute Gasteiger partial charge is 0.0155 e. The molecule has 0 aromatic rings. The molecule has 3 heteroatoms. The molecule has 1 aliphatic rings. The third kappa shape index (κ3) is 5.95. The number of nitrogens with one attached hydrogen (secondary N) is 1. The van der Waals surface area contributed by atoms with Gasteiger partial charge in [-0.15, -0.1) is 0 Å². The van der Waals surface area contributed by atoms with Crippen molar-refractivity contribution in [3.63, 3.8) is 0 Å². The highest BCUT2D eigenvalue weighted by Gasteiger charge is 2.30. The summed E-state index contributed by atoms with van der Waals surface area (Å²) >= 11 is 1.96. The summed E-state index contributed by atoms with van der Waals surface area (Å²) in [6, 6.07) is 1.44. The van der Waals surface area contributed by atoms with Gasteiger partial charge < -0.3 is 10.2 Å².